The van der Waals surface area contributed by atoms with E-state index in [1.807, 2.05) is 29.2 Å². The number of carbonyl (C=O) groups is 1. The summed E-state index contributed by atoms with van der Waals surface area (Å²) in [5.41, 5.74) is 1.08. The Labute approximate surface area is 132 Å². The molecule has 0 saturated heterocycles. The van der Waals surface area contributed by atoms with Gasteiger partial charge in [-0.25, -0.2) is 0 Å². The molecule has 4 nitrogen and oxygen atoms in total. The zero-order valence-electron chi connectivity index (χ0n) is 13.0. The van der Waals surface area contributed by atoms with Gasteiger partial charge in [-0.05, 0) is 36.6 Å². The minimum absolute atomic E-state index is 0.0193. The van der Waals surface area contributed by atoms with Gasteiger partial charge in [-0.1, -0.05) is 30.9 Å². The van der Waals surface area contributed by atoms with Crippen LogP contribution in [0, 0.1) is 0 Å². The third kappa shape index (κ3) is 4.46. The van der Waals surface area contributed by atoms with Crippen molar-refractivity contribution in [2.45, 2.75) is 25.4 Å². The van der Waals surface area contributed by atoms with E-state index in [2.05, 4.69) is 18.7 Å². The maximum atomic E-state index is 12.1. The Morgan fingerprint density at radius 1 is 1.27 bits per heavy atom. The van der Waals surface area contributed by atoms with Gasteiger partial charge in [-0.15, -0.1) is 0 Å². The molecule has 0 aromatic heterocycles. The van der Waals surface area contributed by atoms with Crippen molar-refractivity contribution in [2.24, 2.45) is 0 Å². The standard InChI is InChI=1S/C18H23NO3/c1-3-18(20)19(16-6-4-5-7-16)14-15-8-10-17(11-9-15)22-13-12-21-2/h3-5,8-11,16H,1,6-7,12-14H2,2H3. The van der Waals surface area contributed by atoms with Gasteiger partial charge in [0.05, 0.1) is 6.61 Å². The molecule has 118 valence electrons. The molecule has 0 radical (unpaired) electrons. The fourth-order valence-electron chi connectivity index (χ4n) is 2.49. The van der Waals surface area contributed by atoms with Gasteiger partial charge < -0.3 is 14.4 Å². The van der Waals surface area contributed by atoms with Crippen molar-refractivity contribution in [2.75, 3.05) is 20.3 Å². The van der Waals surface area contributed by atoms with Crippen LogP contribution in [0.25, 0.3) is 0 Å². The molecular weight excluding hydrogens is 278 g/mol. The number of hydrogen-bond donors (Lipinski definition) is 0. The number of nitrogens with zero attached hydrogens (tertiary/aromatic N) is 1. The van der Waals surface area contributed by atoms with Gasteiger partial charge in [0.25, 0.3) is 0 Å². The summed E-state index contributed by atoms with van der Waals surface area (Å²) in [5.74, 6) is 0.791. The first-order valence-electron chi connectivity index (χ1n) is 7.53. The SMILES string of the molecule is C=CC(=O)N(Cc1ccc(OCCOC)cc1)C1CC=CC1. The second-order valence-electron chi connectivity index (χ2n) is 5.25. The van der Waals surface area contributed by atoms with E-state index in [0.29, 0.717) is 19.8 Å². The highest BCUT2D eigenvalue weighted by Gasteiger charge is 2.22. The Kier molecular flexibility index (Phi) is 6.22. The molecule has 0 bridgehead atoms. The third-order valence-electron chi connectivity index (χ3n) is 3.71. The van der Waals surface area contributed by atoms with Crippen LogP contribution < -0.4 is 4.74 Å². The summed E-state index contributed by atoms with van der Waals surface area (Å²) in [5, 5.41) is 0. The van der Waals surface area contributed by atoms with E-state index >= 15 is 0 Å². The van der Waals surface area contributed by atoms with Crippen LogP contribution in [0.5, 0.6) is 5.75 Å². The van der Waals surface area contributed by atoms with Crippen LogP contribution in [0.2, 0.25) is 0 Å². The van der Waals surface area contributed by atoms with Crippen molar-refractivity contribution in [3.05, 3.63) is 54.6 Å². The lowest BCUT2D eigenvalue weighted by Gasteiger charge is -2.28. The van der Waals surface area contributed by atoms with Crippen molar-refractivity contribution in [3.63, 3.8) is 0 Å². The summed E-state index contributed by atoms with van der Waals surface area (Å²) in [4.78, 5) is 14.0. The van der Waals surface area contributed by atoms with E-state index in [0.717, 1.165) is 24.2 Å². The molecule has 0 fully saturated rings. The lowest BCUT2D eigenvalue weighted by atomic mass is 10.1. The molecule has 22 heavy (non-hydrogen) atoms. The molecule has 1 aliphatic carbocycles. The highest BCUT2D eigenvalue weighted by molar-refractivity contribution is 5.87. The topological polar surface area (TPSA) is 38.8 Å². The molecule has 0 N–H and O–H groups in total. The Hall–Kier alpha value is -2.07. The Balaban J connectivity index is 1.97. The fraction of sp³-hybridized carbons (Fsp3) is 0.389. The van der Waals surface area contributed by atoms with E-state index in [1.165, 1.54) is 6.08 Å². The van der Waals surface area contributed by atoms with Crippen LogP contribution in [0.15, 0.2) is 49.1 Å². The van der Waals surface area contributed by atoms with Crippen molar-refractivity contribution < 1.29 is 14.3 Å². The molecule has 1 amide bonds. The van der Waals surface area contributed by atoms with Crippen LogP contribution in [0.1, 0.15) is 18.4 Å². The summed E-state index contributed by atoms with van der Waals surface area (Å²) >= 11 is 0. The van der Waals surface area contributed by atoms with Crippen molar-refractivity contribution in [1.29, 1.82) is 0 Å². The van der Waals surface area contributed by atoms with Crippen LogP contribution in [0.4, 0.5) is 0 Å². The summed E-state index contributed by atoms with van der Waals surface area (Å²) in [7, 11) is 1.65. The van der Waals surface area contributed by atoms with Crippen molar-refractivity contribution in [1.82, 2.24) is 4.90 Å². The average molecular weight is 301 g/mol. The number of ether oxygens (including phenoxy) is 2. The lowest BCUT2D eigenvalue weighted by molar-refractivity contribution is -0.128. The van der Waals surface area contributed by atoms with Gasteiger partial charge in [-0.2, -0.15) is 0 Å². The van der Waals surface area contributed by atoms with Crippen LogP contribution in [-0.2, 0) is 16.1 Å². The maximum absolute atomic E-state index is 12.1. The number of amides is 1. The van der Waals surface area contributed by atoms with Gasteiger partial charge in [0, 0.05) is 19.7 Å². The maximum Gasteiger partial charge on any atom is 0.246 e. The van der Waals surface area contributed by atoms with E-state index < -0.39 is 0 Å². The lowest BCUT2D eigenvalue weighted by Crippen LogP contribution is -2.37. The number of benzene rings is 1. The quantitative estimate of drug-likeness (QED) is 0.421. The molecule has 1 aliphatic rings. The van der Waals surface area contributed by atoms with E-state index in [9.17, 15) is 4.79 Å². The summed E-state index contributed by atoms with van der Waals surface area (Å²) < 4.78 is 10.5. The molecule has 1 aromatic rings. The molecule has 0 heterocycles. The van der Waals surface area contributed by atoms with Gasteiger partial charge in [0.2, 0.25) is 5.91 Å². The number of carbonyl (C=O) groups excluding carboxylic acids is 1. The first-order chi connectivity index (χ1) is 10.7. The van der Waals surface area contributed by atoms with E-state index in [-0.39, 0.29) is 11.9 Å². The summed E-state index contributed by atoms with van der Waals surface area (Å²) in [6.07, 6.45) is 7.47. The van der Waals surface area contributed by atoms with Crippen LogP contribution in [0.3, 0.4) is 0 Å². The smallest absolute Gasteiger partial charge is 0.246 e. The zero-order chi connectivity index (χ0) is 15.8. The molecule has 0 saturated carbocycles. The zero-order valence-corrected chi connectivity index (χ0v) is 13.0. The van der Waals surface area contributed by atoms with Crippen LogP contribution >= 0.6 is 0 Å². The van der Waals surface area contributed by atoms with Gasteiger partial charge >= 0.3 is 0 Å². The first-order valence-corrected chi connectivity index (χ1v) is 7.53. The average Bonchev–Trinajstić information content (AvgIpc) is 3.07. The second-order valence-corrected chi connectivity index (χ2v) is 5.25. The number of methoxy groups -OCH3 is 1. The summed E-state index contributed by atoms with van der Waals surface area (Å²) in [6.45, 7) is 5.30. The van der Waals surface area contributed by atoms with Crippen LogP contribution in [-0.4, -0.2) is 37.2 Å². The Bertz CT molecular complexity index is 514. The molecule has 4 heteroatoms. The first kappa shape index (κ1) is 16.3. The molecule has 2 rings (SSSR count). The molecule has 0 atom stereocenters. The Morgan fingerprint density at radius 3 is 2.55 bits per heavy atom. The monoisotopic (exact) mass is 301 g/mol. The predicted octanol–water partition coefficient (Wildman–Crippen LogP) is 2.95. The van der Waals surface area contributed by atoms with Gasteiger partial charge in [-0.3, -0.25) is 4.79 Å². The highest BCUT2D eigenvalue weighted by atomic mass is 16.5. The van der Waals surface area contributed by atoms with Crippen molar-refractivity contribution >= 4 is 5.91 Å². The second kappa shape index (κ2) is 8.39. The fourth-order valence-corrected chi connectivity index (χ4v) is 2.49. The number of hydrogen-bond acceptors (Lipinski definition) is 3. The third-order valence-corrected chi connectivity index (χ3v) is 3.71. The highest BCUT2D eigenvalue weighted by Crippen LogP contribution is 2.21. The minimum Gasteiger partial charge on any atom is -0.491 e. The summed E-state index contributed by atoms with van der Waals surface area (Å²) in [6, 6.07) is 8.08. The van der Waals surface area contributed by atoms with E-state index in [1.54, 1.807) is 7.11 Å². The van der Waals surface area contributed by atoms with Crippen molar-refractivity contribution in [3.8, 4) is 5.75 Å². The minimum atomic E-state index is -0.0193. The van der Waals surface area contributed by atoms with Gasteiger partial charge in [0.1, 0.15) is 12.4 Å². The molecule has 0 spiro atoms. The number of rotatable bonds is 8. The largest absolute Gasteiger partial charge is 0.491 e. The Morgan fingerprint density at radius 2 is 1.95 bits per heavy atom. The molecular formula is C18H23NO3. The predicted molar refractivity (Wildman–Crippen MR) is 86.7 cm³/mol. The normalized spacial score (nSPS) is 14.0. The molecule has 1 aromatic carbocycles. The van der Waals surface area contributed by atoms with Gasteiger partial charge in [0.15, 0.2) is 0 Å². The molecule has 0 unspecified atom stereocenters. The van der Waals surface area contributed by atoms with E-state index in [4.69, 9.17) is 9.47 Å². The molecule has 0 aliphatic heterocycles.